The molecule has 0 aromatic heterocycles. The van der Waals surface area contributed by atoms with Crippen LogP contribution >= 0.6 is 0 Å². The van der Waals surface area contributed by atoms with Crippen molar-refractivity contribution in [3.63, 3.8) is 0 Å². The van der Waals surface area contributed by atoms with Crippen molar-refractivity contribution >= 4 is 0 Å². The van der Waals surface area contributed by atoms with Crippen molar-refractivity contribution in [2.75, 3.05) is 26.4 Å². The highest BCUT2D eigenvalue weighted by Crippen LogP contribution is 2.17. The molecule has 0 saturated carbocycles. The first-order valence-corrected chi connectivity index (χ1v) is 6.29. The van der Waals surface area contributed by atoms with Crippen molar-refractivity contribution in [3.05, 3.63) is 0 Å². The average molecular weight is 213 g/mol. The average Bonchev–Trinajstić information content (AvgIpc) is 2.90. The number of rotatable bonds is 5. The van der Waals surface area contributed by atoms with E-state index in [0.29, 0.717) is 12.1 Å². The van der Waals surface area contributed by atoms with Crippen LogP contribution in [-0.4, -0.2) is 38.5 Å². The van der Waals surface area contributed by atoms with Crippen LogP contribution in [0.3, 0.4) is 0 Å². The molecule has 2 heterocycles. The predicted molar refractivity (Wildman–Crippen MR) is 60.0 cm³/mol. The van der Waals surface area contributed by atoms with Crippen molar-refractivity contribution in [1.29, 1.82) is 0 Å². The van der Waals surface area contributed by atoms with Crippen molar-refractivity contribution in [2.24, 2.45) is 5.92 Å². The second kappa shape index (κ2) is 5.83. The first kappa shape index (κ1) is 11.4. The molecule has 0 aliphatic carbocycles. The quantitative estimate of drug-likeness (QED) is 0.752. The first-order valence-electron chi connectivity index (χ1n) is 6.29. The summed E-state index contributed by atoms with van der Waals surface area (Å²) in [6.07, 6.45) is 5.40. The Balaban J connectivity index is 1.56. The Morgan fingerprint density at radius 3 is 2.93 bits per heavy atom. The second-order valence-electron chi connectivity index (χ2n) is 4.79. The van der Waals surface area contributed by atoms with Gasteiger partial charge in [0, 0.05) is 19.3 Å². The standard InChI is InChI=1S/C12H23NO2/c1-10(11-5-8-14-9-11)13-6-4-12-3-2-7-15-12/h10-13H,2-9H2,1H3. The molecular formula is C12H23NO2. The van der Waals surface area contributed by atoms with E-state index >= 15 is 0 Å². The summed E-state index contributed by atoms with van der Waals surface area (Å²) in [5.41, 5.74) is 0. The third-order valence-electron chi connectivity index (χ3n) is 3.63. The lowest BCUT2D eigenvalue weighted by Crippen LogP contribution is -2.35. The molecule has 2 fully saturated rings. The van der Waals surface area contributed by atoms with Crippen LogP contribution in [0.15, 0.2) is 0 Å². The summed E-state index contributed by atoms with van der Waals surface area (Å²) < 4.78 is 11.0. The number of nitrogens with one attached hydrogen (secondary N) is 1. The second-order valence-corrected chi connectivity index (χ2v) is 4.79. The van der Waals surface area contributed by atoms with Crippen LogP contribution < -0.4 is 5.32 Å². The van der Waals surface area contributed by atoms with Crippen LogP contribution in [0.25, 0.3) is 0 Å². The lowest BCUT2D eigenvalue weighted by atomic mass is 10.0. The highest BCUT2D eigenvalue weighted by Gasteiger charge is 2.22. The topological polar surface area (TPSA) is 30.5 Å². The molecule has 3 nitrogen and oxygen atoms in total. The van der Waals surface area contributed by atoms with Gasteiger partial charge in [-0.2, -0.15) is 0 Å². The van der Waals surface area contributed by atoms with Crippen LogP contribution in [0.2, 0.25) is 0 Å². The van der Waals surface area contributed by atoms with Crippen molar-refractivity contribution < 1.29 is 9.47 Å². The summed E-state index contributed by atoms with van der Waals surface area (Å²) in [6, 6.07) is 0.592. The smallest absolute Gasteiger partial charge is 0.0588 e. The van der Waals surface area contributed by atoms with E-state index in [0.717, 1.165) is 38.7 Å². The molecular weight excluding hydrogens is 190 g/mol. The normalized spacial score (nSPS) is 33.4. The van der Waals surface area contributed by atoms with E-state index < -0.39 is 0 Å². The van der Waals surface area contributed by atoms with Crippen LogP contribution in [0.1, 0.15) is 32.6 Å². The summed E-state index contributed by atoms with van der Waals surface area (Å²) >= 11 is 0. The minimum Gasteiger partial charge on any atom is -0.381 e. The van der Waals surface area contributed by atoms with E-state index in [1.165, 1.54) is 19.3 Å². The van der Waals surface area contributed by atoms with Crippen LogP contribution in [0.5, 0.6) is 0 Å². The number of ether oxygens (including phenoxy) is 2. The Kier molecular flexibility index (Phi) is 4.42. The molecule has 1 N–H and O–H groups in total. The highest BCUT2D eigenvalue weighted by molar-refractivity contribution is 4.76. The third-order valence-corrected chi connectivity index (χ3v) is 3.63. The Bertz CT molecular complexity index is 174. The molecule has 0 aromatic rings. The predicted octanol–water partition coefficient (Wildman–Crippen LogP) is 1.57. The van der Waals surface area contributed by atoms with Crippen molar-refractivity contribution in [2.45, 2.75) is 44.8 Å². The summed E-state index contributed by atoms with van der Waals surface area (Å²) in [5.74, 6) is 0.717. The number of hydrogen-bond donors (Lipinski definition) is 1. The van der Waals surface area contributed by atoms with Gasteiger partial charge < -0.3 is 14.8 Å². The van der Waals surface area contributed by atoms with Crippen molar-refractivity contribution in [1.82, 2.24) is 5.32 Å². The monoisotopic (exact) mass is 213 g/mol. The molecule has 15 heavy (non-hydrogen) atoms. The van der Waals surface area contributed by atoms with Gasteiger partial charge in [-0.15, -0.1) is 0 Å². The maximum Gasteiger partial charge on any atom is 0.0588 e. The molecule has 3 atom stereocenters. The van der Waals surface area contributed by atoms with Gasteiger partial charge in [0.2, 0.25) is 0 Å². The van der Waals surface area contributed by atoms with Gasteiger partial charge in [-0.1, -0.05) is 0 Å². The van der Waals surface area contributed by atoms with Gasteiger partial charge in [-0.05, 0) is 45.1 Å². The van der Waals surface area contributed by atoms with Gasteiger partial charge in [0.15, 0.2) is 0 Å². The molecule has 88 valence electrons. The molecule has 2 rings (SSSR count). The Morgan fingerprint density at radius 2 is 2.27 bits per heavy atom. The van der Waals surface area contributed by atoms with Crippen LogP contribution in [0, 0.1) is 5.92 Å². The maximum absolute atomic E-state index is 5.60. The first-order chi connectivity index (χ1) is 7.36. The Morgan fingerprint density at radius 1 is 1.33 bits per heavy atom. The van der Waals surface area contributed by atoms with E-state index in [9.17, 15) is 0 Å². The van der Waals surface area contributed by atoms with Crippen molar-refractivity contribution in [3.8, 4) is 0 Å². The fraction of sp³-hybridized carbons (Fsp3) is 1.00. The molecule has 0 amide bonds. The molecule has 2 aliphatic rings. The summed E-state index contributed by atoms with van der Waals surface area (Å²) in [4.78, 5) is 0. The summed E-state index contributed by atoms with van der Waals surface area (Å²) in [7, 11) is 0. The zero-order valence-corrected chi connectivity index (χ0v) is 9.71. The van der Waals surface area contributed by atoms with Gasteiger partial charge in [-0.25, -0.2) is 0 Å². The molecule has 0 aromatic carbocycles. The highest BCUT2D eigenvalue weighted by atomic mass is 16.5. The number of hydrogen-bond acceptors (Lipinski definition) is 3. The van der Waals surface area contributed by atoms with E-state index in [-0.39, 0.29) is 0 Å². The maximum atomic E-state index is 5.60. The van der Waals surface area contributed by atoms with E-state index in [1.54, 1.807) is 0 Å². The van der Waals surface area contributed by atoms with Gasteiger partial charge in [0.05, 0.1) is 12.7 Å². The summed E-state index contributed by atoms with van der Waals surface area (Å²) in [5, 5.41) is 3.59. The van der Waals surface area contributed by atoms with Gasteiger partial charge in [0.25, 0.3) is 0 Å². The minimum absolute atomic E-state index is 0.518. The summed E-state index contributed by atoms with van der Waals surface area (Å²) in [6.45, 7) is 6.21. The molecule has 2 aliphatic heterocycles. The van der Waals surface area contributed by atoms with Crippen LogP contribution in [0.4, 0.5) is 0 Å². The fourth-order valence-electron chi connectivity index (χ4n) is 2.46. The molecule has 0 radical (unpaired) electrons. The van der Waals surface area contributed by atoms with Gasteiger partial charge in [-0.3, -0.25) is 0 Å². The Hall–Kier alpha value is -0.120. The largest absolute Gasteiger partial charge is 0.381 e. The SMILES string of the molecule is CC(NCCC1CCCO1)C1CCOC1. The van der Waals surface area contributed by atoms with Gasteiger partial charge in [0.1, 0.15) is 0 Å². The van der Waals surface area contributed by atoms with E-state index in [1.807, 2.05) is 0 Å². The van der Waals surface area contributed by atoms with Gasteiger partial charge >= 0.3 is 0 Å². The fourth-order valence-corrected chi connectivity index (χ4v) is 2.46. The molecule has 0 spiro atoms. The molecule has 2 saturated heterocycles. The zero-order chi connectivity index (χ0) is 10.5. The van der Waals surface area contributed by atoms with E-state index in [2.05, 4.69) is 12.2 Å². The van der Waals surface area contributed by atoms with E-state index in [4.69, 9.17) is 9.47 Å². The lowest BCUT2D eigenvalue weighted by molar-refractivity contribution is 0.103. The van der Waals surface area contributed by atoms with Crippen LogP contribution in [-0.2, 0) is 9.47 Å². The molecule has 3 heteroatoms. The molecule has 0 bridgehead atoms. The zero-order valence-electron chi connectivity index (χ0n) is 9.71. The minimum atomic E-state index is 0.518. The lowest BCUT2D eigenvalue weighted by Gasteiger charge is -2.20. The molecule has 3 unspecified atom stereocenters. The third kappa shape index (κ3) is 3.44. The Labute approximate surface area is 92.5 Å².